The summed E-state index contributed by atoms with van der Waals surface area (Å²) in [6.07, 6.45) is 3.01. The molecule has 5 aromatic rings. The Morgan fingerprint density at radius 2 is 1.83 bits per heavy atom. The van der Waals surface area contributed by atoms with Gasteiger partial charge in [0, 0.05) is 13.1 Å². The molecule has 0 N–H and O–H groups in total. The Bertz CT molecular complexity index is 1680. The minimum atomic E-state index is -0.423. The summed E-state index contributed by atoms with van der Waals surface area (Å²) >= 11 is 0. The van der Waals surface area contributed by atoms with Gasteiger partial charge in [0.25, 0.3) is 5.56 Å². The van der Waals surface area contributed by atoms with Gasteiger partial charge < -0.3 is 18.5 Å². The summed E-state index contributed by atoms with van der Waals surface area (Å²) in [6, 6.07) is 12.7. The highest BCUT2D eigenvalue weighted by molar-refractivity contribution is 5.94. The maximum Gasteiger partial charge on any atom is 0.337 e. The molecule has 1 saturated carbocycles. The number of hydrogen-bond donors (Lipinski definition) is 0. The number of carbonyl (C=O) groups excluding carboxylic acids is 1. The molecule has 0 amide bonds. The van der Waals surface area contributed by atoms with E-state index in [1.807, 2.05) is 18.2 Å². The van der Waals surface area contributed by atoms with E-state index in [0.29, 0.717) is 33.8 Å². The van der Waals surface area contributed by atoms with Crippen LogP contribution in [0.5, 0.6) is 5.75 Å². The molecule has 3 heterocycles. The lowest BCUT2D eigenvalue weighted by atomic mass is 9.92. The number of para-hydroxylation sites is 2. The normalized spacial score (nSPS) is 13.8. The number of oxazole rings is 1. The fourth-order valence-corrected chi connectivity index (χ4v) is 4.59. The molecule has 0 bridgehead atoms. The Morgan fingerprint density at radius 1 is 1.03 bits per heavy atom. The average molecular weight is 486 g/mol. The Labute approximate surface area is 205 Å². The first-order valence-electron chi connectivity index (χ1n) is 11.6. The van der Waals surface area contributed by atoms with E-state index in [1.165, 1.54) is 18.8 Å². The number of benzene rings is 2. The second kappa shape index (κ2) is 8.33. The van der Waals surface area contributed by atoms with Crippen LogP contribution in [0.25, 0.3) is 45.4 Å². The number of esters is 1. The molecule has 0 unspecified atom stereocenters. The van der Waals surface area contributed by atoms with Crippen LogP contribution in [0, 0.1) is 0 Å². The van der Waals surface area contributed by atoms with Gasteiger partial charge in [0.15, 0.2) is 22.9 Å². The van der Waals surface area contributed by atoms with Gasteiger partial charge in [-0.2, -0.15) is 0 Å². The number of nitrogens with zero attached hydrogens (tertiary/aromatic N) is 5. The predicted molar refractivity (Wildman–Crippen MR) is 132 cm³/mol. The van der Waals surface area contributed by atoms with Gasteiger partial charge in [-0.3, -0.25) is 9.36 Å². The zero-order chi connectivity index (χ0) is 25.0. The second-order valence-electron chi connectivity index (χ2n) is 8.75. The van der Waals surface area contributed by atoms with Crippen LogP contribution in [0.3, 0.4) is 0 Å². The molecule has 0 radical (unpaired) electrons. The van der Waals surface area contributed by atoms with Gasteiger partial charge in [-0.1, -0.05) is 12.1 Å². The third kappa shape index (κ3) is 3.29. The molecule has 0 spiro atoms. The van der Waals surface area contributed by atoms with E-state index in [2.05, 4.69) is 9.55 Å². The molecule has 1 fully saturated rings. The molecule has 6 rings (SSSR count). The van der Waals surface area contributed by atoms with Gasteiger partial charge in [-0.05, 0) is 49.6 Å². The third-order valence-electron chi connectivity index (χ3n) is 6.70. The van der Waals surface area contributed by atoms with Crippen LogP contribution in [0.1, 0.15) is 35.7 Å². The summed E-state index contributed by atoms with van der Waals surface area (Å²) in [6.45, 7) is 0. The molecule has 2 aromatic carbocycles. The van der Waals surface area contributed by atoms with Crippen molar-refractivity contribution in [3.63, 3.8) is 0 Å². The van der Waals surface area contributed by atoms with Crippen molar-refractivity contribution in [3.05, 3.63) is 58.4 Å². The van der Waals surface area contributed by atoms with E-state index >= 15 is 0 Å². The standard InChI is InChI=1S/C26H23N5O5/c1-30-22(29-20(21(34-2)25(30)32)24-28-17-9-4-5-10-19(17)36-24)23-27-16-12-11-14(26(33)35-3)13-18(16)31(23)15-7-6-8-15/h4-5,9-13,15H,6-8H2,1-3H3. The number of rotatable bonds is 5. The average Bonchev–Trinajstić information content (AvgIpc) is 3.45. The van der Waals surface area contributed by atoms with Crippen LogP contribution in [0.4, 0.5) is 0 Å². The van der Waals surface area contributed by atoms with E-state index in [0.717, 1.165) is 24.8 Å². The Morgan fingerprint density at radius 3 is 2.53 bits per heavy atom. The quantitative estimate of drug-likeness (QED) is 0.342. The summed E-state index contributed by atoms with van der Waals surface area (Å²) in [5.41, 5.74) is 2.95. The van der Waals surface area contributed by atoms with Crippen LogP contribution in [-0.4, -0.2) is 44.3 Å². The lowest BCUT2D eigenvalue weighted by molar-refractivity contribution is 0.0601. The van der Waals surface area contributed by atoms with Crippen LogP contribution in [0.15, 0.2) is 51.7 Å². The van der Waals surface area contributed by atoms with Crippen molar-refractivity contribution in [1.82, 2.24) is 24.1 Å². The maximum absolute atomic E-state index is 13.4. The molecule has 0 aliphatic heterocycles. The Kier molecular flexibility index (Phi) is 5.10. The van der Waals surface area contributed by atoms with Crippen LogP contribution < -0.4 is 10.3 Å². The molecule has 1 aliphatic carbocycles. The summed E-state index contributed by atoms with van der Waals surface area (Å²) in [4.78, 5) is 39.8. The summed E-state index contributed by atoms with van der Waals surface area (Å²) in [5.74, 6) is 0.670. The fraction of sp³-hybridized carbons (Fsp3) is 0.269. The molecular formula is C26H23N5O5. The molecule has 0 saturated heterocycles. The summed E-state index contributed by atoms with van der Waals surface area (Å²) in [7, 11) is 4.40. The van der Waals surface area contributed by atoms with Gasteiger partial charge in [0.2, 0.25) is 11.6 Å². The van der Waals surface area contributed by atoms with Crippen molar-refractivity contribution in [3.8, 4) is 29.0 Å². The van der Waals surface area contributed by atoms with E-state index < -0.39 is 5.97 Å². The molecular weight excluding hydrogens is 462 g/mol. The third-order valence-corrected chi connectivity index (χ3v) is 6.70. The zero-order valence-corrected chi connectivity index (χ0v) is 20.0. The van der Waals surface area contributed by atoms with Crippen molar-refractivity contribution in [2.45, 2.75) is 25.3 Å². The van der Waals surface area contributed by atoms with Gasteiger partial charge in [0.05, 0.1) is 30.8 Å². The summed E-state index contributed by atoms with van der Waals surface area (Å²) < 4.78 is 19.8. The maximum atomic E-state index is 13.4. The number of methoxy groups -OCH3 is 2. The topological polar surface area (TPSA) is 114 Å². The number of hydrogen-bond acceptors (Lipinski definition) is 8. The number of imidazole rings is 1. The number of aromatic nitrogens is 5. The van der Waals surface area contributed by atoms with Gasteiger partial charge >= 0.3 is 5.97 Å². The highest BCUT2D eigenvalue weighted by Gasteiger charge is 2.30. The molecule has 10 heteroatoms. The highest BCUT2D eigenvalue weighted by atomic mass is 16.5. The minimum absolute atomic E-state index is 0.0343. The molecule has 182 valence electrons. The first-order chi connectivity index (χ1) is 17.5. The second-order valence-corrected chi connectivity index (χ2v) is 8.75. The molecule has 36 heavy (non-hydrogen) atoms. The largest absolute Gasteiger partial charge is 0.489 e. The lowest BCUT2D eigenvalue weighted by Crippen LogP contribution is -2.25. The first kappa shape index (κ1) is 22.0. The zero-order valence-electron chi connectivity index (χ0n) is 20.0. The van der Waals surface area contributed by atoms with Gasteiger partial charge in [-0.15, -0.1) is 0 Å². The first-order valence-corrected chi connectivity index (χ1v) is 11.6. The number of ether oxygens (including phenoxy) is 2. The van der Waals surface area contributed by atoms with Gasteiger partial charge in [0.1, 0.15) is 5.52 Å². The van der Waals surface area contributed by atoms with E-state index in [-0.39, 0.29) is 28.9 Å². The van der Waals surface area contributed by atoms with Crippen LogP contribution in [-0.2, 0) is 11.8 Å². The van der Waals surface area contributed by atoms with E-state index in [1.54, 1.807) is 31.3 Å². The molecule has 0 atom stereocenters. The van der Waals surface area contributed by atoms with Crippen molar-refractivity contribution in [1.29, 1.82) is 0 Å². The van der Waals surface area contributed by atoms with E-state index in [9.17, 15) is 9.59 Å². The number of carbonyl (C=O) groups is 1. The minimum Gasteiger partial charge on any atom is -0.489 e. The SMILES string of the molecule is COC(=O)c1ccc2nc(-c3nc(-c4nc5ccccc5o4)c(OC)c(=O)n3C)n(C3CCC3)c2c1. The summed E-state index contributed by atoms with van der Waals surface area (Å²) in [5, 5.41) is 0. The fourth-order valence-electron chi connectivity index (χ4n) is 4.59. The highest BCUT2D eigenvalue weighted by Crippen LogP contribution is 2.39. The molecule has 10 nitrogen and oxygen atoms in total. The molecule has 3 aromatic heterocycles. The van der Waals surface area contributed by atoms with Crippen molar-refractivity contribution in [2.24, 2.45) is 7.05 Å². The Hall–Kier alpha value is -4.47. The predicted octanol–water partition coefficient (Wildman–Crippen LogP) is 4.13. The Balaban J connectivity index is 1.62. The van der Waals surface area contributed by atoms with Gasteiger partial charge in [-0.25, -0.2) is 19.7 Å². The smallest absolute Gasteiger partial charge is 0.337 e. The van der Waals surface area contributed by atoms with Crippen molar-refractivity contribution >= 4 is 28.1 Å². The van der Waals surface area contributed by atoms with Crippen molar-refractivity contribution in [2.75, 3.05) is 14.2 Å². The molecule has 1 aliphatic rings. The monoisotopic (exact) mass is 485 g/mol. The van der Waals surface area contributed by atoms with Crippen molar-refractivity contribution < 1.29 is 18.7 Å². The van der Waals surface area contributed by atoms with Crippen LogP contribution >= 0.6 is 0 Å². The number of fused-ring (bicyclic) bond motifs is 2. The van der Waals surface area contributed by atoms with E-state index in [4.69, 9.17) is 23.9 Å². The van der Waals surface area contributed by atoms with Crippen LogP contribution in [0.2, 0.25) is 0 Å². The lowest BCUT2D eigenvalue weighted by Gasteiger charge is -2.29.